The maximum Gasteiger partial charge on any atom is 0.0720 e. The Bertz CT molecular complexity index is 3710. The van der Waals surface area contributed by atoms with Gasteiger partial charge in [-0.1, -0.05) is 219 Å². The Kier molecular flexibility index (Phi) is 12.3. The minimum atomic E-state index is -0.719. The molecule has 368 valence electrons. The molecule has 0 spiro atoms. The predicted molar refractivity (Wildman–Crippen MR) is 322 cm³/mol. The summed E-state index contributed by atoms with van der Waals surface area (Å²) < 4.78 is 0. The molecule has 12 rings (SSSR count). The fourth-order valence-electron chi connectivity index (χ4n) is 12.3. The molecule has 75 heavy (non-hydrogen) atoms. The SMILES string of the molecule is CC(C)c1ccc(N(c2ccc(C(C)C)cc2)c2ccc3c4c(c5ccccc5c3c2)-c2c(cc(N(c3ccc(C(C)C)cc3)c3ccc(C(C)C)cc3)c3ccccc23)C4(c2ccccc2)c2ccccc2)cc1. The highest BCUT2D eigenvalue weighted by Gasteiger charge is 2.49. The van der Waals surface area contributed by atoms with Gasteiger partial charge in [-0.25, -0.2) is 0 Å². The smallest absolute Gasteiger partial charge is 0.0720 e. The summed E-state index contributed by atoms with van der Waals surface area (Å²) in [6.45, 7) is 18.2. The fraction of sp³-hybridized carbons (Fsp3) is 0.178. The van der Waals surface area contributed by atoms with Crippen LogP contribution in [0.15, 0.2) is 231 Å². The Morgan fingerprint density at radius 1 is 0.280 bits per heavy atom. The lowest BCUT2D eigenvalue weighted by Crippen LogP contribution is -2.29. The first-order chi connectivity index (χ1) is 36.5. The lowest BCUT2D eigenvalue weighted by molar-refractivity contribution is 0.776. The monoisotopic (exact) mass is 971 g/mol. The van der Waals surface area contributed by atoms with Crippen LogP contribution in [0.4, 0.5) is 34.1 Å². The predicted octanol–water partition coefficient (Wildman–Crippen LogP) is 20.9. The molecule has 0 heterocycles. The van der Waals surface area contributed by atoms with Crippen LogP contribution in [0.1, 0.15) is 124 Å². The molecule has 2 nitrogen and oxygen atoms in total. The van der Waals surface area contributed by atoms with Gasteiger partial charge in [-0.3, -0.25) is 0 Å². The topological polar surface area (TPSA) is 6.48 Å². The van der Waals surface area contributed by atoms with Crippen LogP contribution in [0.25, 0.3) is 43.4 Å². The van der Waals surface area contributed by atoms with E-state index in [1.165, 1.54) is 88.0 Å². The van der Waals surface area contributed by atoms with Crippen molar-refractivity contribution in [2.75, 3.05) is 9.80 Å². The number of hydrogen-bond acceptors (Lipinski definition) is 2. The van der Waals surface area contributed by atoms with Crippen LogP contribution in [0.5, 0.6) is 0 Å². The molecule has 0 aliphatic heterocycles. The Hall–Kier alpha value is -8.20. The first-order valence-corrected chi connectivity index (χ1v) is 27.2. The van der Waals surface area contributed by atoms with Crippen LogP contribution in [0, 0.1) is 0 Å². The Labute approximate surface area is 444 Å². The molecule has 11 aromatic carbocycles. The summed E-state index contributed by atoms with van der Waals surface area (Å²) >= 11 is 0. The van der Waals surface area contributed by atoms with E-state index >= 15 is 0 Å². The quantitative estimate of drug-likeness (QED) is 0.113. The summed E-state index contributed by atoms with van der Waals surface area (Å²) in [5, 5.41) is 7.43. The van der Waals surface area contributed by atoms with Gasteiger partial charge in [-0.2, -0.15) is 0 Å². The molecule has 11 aromatic rings. The molecule has 0 fully saturated rings. The third-order valence-electron chi connectivity index (χ3n) is 16.2. The van der Waals surface area contributed by atoms with Crippen molar-refractivity contribution >= 4 is 66.4 Å². The third-order valence-corrected chi connectivity index (χ3v) is 16.2. The molecular formula is C73H66N2. The molecule has 0 N–H and O–H groups in total. The number of anilines is 6. The molecule has 0 saturated heterocycles. The fourth-order valence-corrected chi connectivity index (χ4v) is 12.3. The average Bonchev–Trinajstić information content (AvgIpc) is 3.97. The van der Waals surface area contributed by atoms with Crippen LogP contribution < -0.4 is 9.80 Å². The van der Waals surface area contributed by atoms with Gasteiger partial charge in [0.25, 0.3) is 0 Å². The van der Waals surface area contributed by atoms with Gasteiger partial charge in [0.15, 0.2) is 0 Å². The van der Waals surface area contributed by atoms with Crippen molar-refractivity contribution in [1.82, 2.24) is 0 Å². The first-order valence-electron chi connectivity index (χ1n) is 27.2. The number of hydrogen-bond donors (Lipinski definition) is 0. The number of fused-ring (bicyclic) bond motifs is 10. The van der Waals surface area contributed by atoms with E-state index in [1.54, 1.807) is 0 Å². The maximum atomic E-state index is 2.57. The third kappa shape index (κ3) is 8.02. The van der Waals surface area contributed by atoms with Crippen molar-refractivity contribution in [3.8, 4) is 11.1 Å². The molecule has 0 atom stereocenters. The molecule has 0 amide bonds. The van der Waals surface area contributed by atoms with Crippen molar-refractivity contribution in [3.63, 3.8) is 0 Å². The average molecular weight is 971 g/mol. The van der Waals surface area contributed by atoms with Gasteiger partial charge in [0.2, 0.25) is 0 Å². The van der Waals surface area contributed by atoms with Crippen LogP contribution >= 0.6 is 0 Å². The van der Waals surface area contributed by atoms with Gasteiger partial charge in [0.05, 0.1) is 11.1 Å². The van der Waals surface area contributed by atoms with Gasteiger partial charge in [-0.15, -0.1) is 0 Å². The Balaban J connectivity index is 1.20. The molecule has 2 heteroatoms. The summed E-state index contributed by atoms with van der Waals surface area (Å²) in [5.41, 5.74) is 19.1. The van der Waals surface area contributed by atoms with Gasteiger partial charge >= 0.3 is 0 Å². The zero-order chi connectivity index (χ0) is 51.5. The minimum absolute atomic E-state index is 0.422. The van der Waals surface area contributed by atoms with Crippen LogP contribution in [0.3, 0.4) is 0 Å². The van der Waals surface area contributed by atoms with E-state index in [-0.39, 0.29) is 0 Å². The largest absolute Gasteiger partial charge is 0.310 e. The van der Waals surface area contributed by atoms with Crippen LogP contribution in [-0.4, -0.2) is 0 Å². The van der Waals surface area contributed by atoms with Crippen molar-refractivity contribution in [3.05, 3.63) is 275 Å². The molecule has 0 unspecified atom stereocenters. The standard InChI is InChI=1S/C73H66N2/c1-47(2)51-27-35-57(36-28-51)74(58-37-29-52(30-38-58)48(3)4)61-43-44-66-67(45-61)62-23-15-17-25-64(62)71-70-65-26-18-16-24-63(65)69(46-68(70)73(72(66)71,55-19-11-9-12-20-55)56-21-13-10-14-22-56)75(59-39-31-53(32-40-59)49(5)6)60-41-33-54(34-42-60)50(7)8/h9-50H,1-8H3. The van der Waals surface area contributed by atoms with E-state index in [1.807, 2.05) is 0 Å². The number of benzene rings is 11. The summed E-state index contributed by atoms with van der Waals surface area (Å²) in [5.74, 6) is 1.72. The van der Waals surface area contributed by atoms with E-state index in [0.717, 1.165) is 34.1 Å². The minimum Gasteiger partial charge on any atom is -0.310 e. The highest BCUT2D eigenvalue weighted by atomic mass is 15.1. The summed E-state index contributed by atoms with van der Waals surface area (Å²) in [6.07, 6.45) is 0. The molecule has 0 radical (unpaired) electrons. The molecule has 1 aliphatic rings. The van der Waals surface area contributed by atoms with E-state index in [9.17, 15) is 0 Å². The van der Waals surface area contributed by atoms with E-state index in [4.69, 9.17) is 0 Å². The van der Waals surface area contributed by atoms with Crippen LogP contribution in [0.2, 0.25) is 0 Å². The lowest BCUT2D eigenvalue weighted by atomic mass is 9.66. The lowest BCUT2D eigenvalue weighted by Gasteiger charge is -2.36. The Morgan fingerprint density at radius 3 is 1.07 bits per heavy atom. The second kappa shape index (κ2) is 19.3. The molecular weight excluding hydrogens is 905 g/mol. The van der Waals surface area contributed by atoms with E-state index in [2.05, 4.69) is 296 Å². The zero-order valence-corrected chi connectivity index (χ0v) is 44.6. The maximum absolute atomic E-state index is 2.57. The van der Waals surface area contributed by atoms with Crippen molar-refractivity contribution in [1.29, 1.82) is 0 Å². The highest BCUT2D eigenvalue weighted by Crippen LogP contribution is 2.63. The Morgan fingerprint density at radius 2 is 0.640 bits per heavy atom. The first kappa shape index (κ1) is 47.8. The van der Waals surface area contributed by atoms with Crippen molar-refractivity contribution in [2.45, 2.75) is 84.5 Å². The summed E-state index contributed by atoms with van der Waals surface area (Å²) in [7, 11) is 0. The molecule has 1 aliphatic carbocycles. The zero-order valence-electron chi connectivity index (χ0n) is 44.6. The van der Waals surface area contributed by atoms with Gasteiger partial charge < -0.3 is 9.80 Å². The number of nitrogens with zero attached hydrogens (tertiary/aromatic N) is 2. The van der Waals surface area contributed by atoms with E-state index < -0.39 is 5.41 Å². The van der Waals surface area contributed by atoms with Gasteiger partial charge in [-0.05, 0) is 173 Å². The second-order valence-corrected chi connectivity index (χ2v) is 22.0. The normalized spacial score (nSPS) is 12.9. The van der Waals surface area contributed by atoms with Crippen LogP contribution in [-0.2, 0) is 5.41 Å². The number of rotatable bonds is 12. The van der Waals surface area contributed by atoms with Gasteiger partial charge in [0, 0.05) is 33.8 Å². The van der Waals surface area contributed by atoms with E-state index in [0.29, 0.717) is 23.7 Å². The second-order valence-electron chi connectivity index (χ2n) is 22.0. The highest BCUT2D eigenvalue weighted by molar-refractivity contribution is 6.24. The summed E-state index contributed by atoms with van der Waals surface area (Å²) in [4.78, 5) is 4.96. The molecule has 0 bridgehead atoms. The molecule has 0 aromatic heterocycles. The van der Waals surface area contributed by atoms with Crippen molar-refractivity contribution < 1.29 is 0 Å². The summed E-state index contributed by atoms with van der Waals surface area (Å²) in [6, 6.07) is 87.9. The van der Waals surface area contributed by atoms with Gasteiger partial charge in [0.1, 0.15) is 0 Å². The molecule has 0 saturated carbocycles. The van der Waals surface area contributed by atoms with Crippen molar-refractivity contribution in [2.24, 2.45) is 0 Å².